The third kappa shape index (κ3) is 2.58. The molecule has 0 bridgehead atoms. The first-order valence-corrected chi connectivity index (χ1v) is 10.5. The van der Waals surface area contributed by atoms with E-state index < -0.39 is 5.41 Å². The van der Waals surface area contributed by atoms with Crippen molar-refractivity contribution in [2.75, 3.05) is 31.8 Å². The number of hydrogen-bond acceptors (Lipinski definition) is 3. The van der Waals surface area contributed by atoms with Crippen molar-refractivity contribution in [2.24, 2.45) is 0 Å². The zero-order chi connectivity index (χ0) is 19.1. The van der Waals surface area contributed by atoms with Crippen LogP contribution in [0.3, 0.4) is 0 Å². The van der Waals surface area contributed by atoms with Gasteiger partial charge in [-0.15, -0.1) is 0 Å². The number of benzene rings is 2. The fraction of sp³-hybridized carbons (Fsp3) is 0.458. The Balaban J connectivity index is 0.000000300. The van der Waals surface area contributed by atoms with Crippen molar-refractivity contribution in [2.45, 2.75) is 43.9 Å². The van der Waals surface area contributed by atoms with Gasteiger partial charge in [-0.3, -0.25) is 4.79 Å². The highest BCUT2D eigenvalue weighted by Gasteiger charge is 2.56. The summed E-state index contributed by atoms with van der Waals surface area (Å²) in [6.45, 7) is 2.42. The van der Waals surface area contributed by atoms with Gasteiger partial charge in [0, 0.05) is 31.5 Å². The molecule has 4 nitrogen and oxygen atoms in total. The Morgan fingerprint density at radius 3 is 2.36 bits per heavy atom. The average Bonchev–Trinajstić information content (AvgIpc) is 3.47. The summed E-state index contributed by atoms with van der Waals surface area (Å²) >= 11 is 0. The van der Waals surface area contributed by atoms with Gasteiger partial charge in [-0.1, -0.05) is 24.3 Å². The van der Waals surface area contributed by atoms with Crippen molar-refractivity contribution in [3.63, 3.8) is 0 Å². The summed E-state index contributed by atoms with van der Waals surface area (Å²) < 4.78 is 11.0. The number of nitrogens with zero attached hydrogens (tertiary/aromatic N) is 1. The fourth-order valence-electron chi connectivity index (χ4n) is 5.03. The Labute approximate surface area is 166 Å². The summed E-state index contributed by atoms with van der Waals surface area (Å²) in [7, 11) is 1.87. The van der Waals surface area contributed by atoms with E-state index in [1.165, 1.54) is 36.8 Å². The second-order valence-corrected chi connectivity index (χ2v) is 8.22. The van der Waals surface area contributed by atoms with Crippen LogP contribution in [0.5, 0.6) is 5.75 Å². The molecule has 146 valence electrons. The molecular formula is C24H27NO3. The maximum Gasteiger partial charge on any atom is 0.245 e. The van der Waals surface area contributed by atoms with Gasteiger partial charge in [0.05, 0.1) is 0 Å². The van der Waals surface area contributed by atoms with Crippen LogP contribution < -0.4 is 9.64 Å². The van der Waals surface area contributed by atoms with Crippen LogP contribution in [0, 0.1) is 0 Å². The van der Waals surface area contributed by atoms with Crippen LogP contribution in [-0.2, 0) is 27.8 Å². The highest BCUT2D eigenvalue weighted by Crippen LogP contribution is 2.52. The van der Waals surface area contributed by atoms with Gasteiger partial charge < -0.3 is 14.4 Å². The molecule has 1 aliphatic carbocycles. The Hall–Kier alpha value is -2.33. The van der Waals surface area contributed by atoms with Gasteiger partial charge in [-0.2, -0.15) is 0 Å². The number of para-hydroxylation sites is 1. The first kappa shape index (κ1) is 17.7. The van der Waals surface area contributed by atoms with Crippen molar-refractivity contribution >= 4 is 11.6 Å². The lowest BCUT2D eigenvalue weighted by Gasteiger charge is -2.23. The number of carbonyl (C=O) groups is 1. The van der Waals surface area contributed by atoms with Gasteiger partial charge in [0.25, 0.3) is 0 Å². The number of amides is 1. The molecule has 6 rings (SSSR count). The molecule has 1 unspecified atom stereocenters. The molecular weight excluding hydrogens is 350 g/mol. The van der Waals surface area contributed by atoms with Crippen LogP contribution in [0.2, 0.25) is 0 Å². The normalized spacial score (nSPS) is 24.3. The first-order valence-electron chi connectivity index (χ1n) is 10.5. The van der Waals surface area contributed by atoms with Crippen molar-refractivity contribution in [3.8, 4) is 5.75 Å². The van der Waals surface area contributed by atoms with E-state index in [9.17, 15) is 4.79 Å². The first-order chi connectivity index (χ1) is 13.7. The second-order valence-electron chi connectivity index (χ2n) is 8.22. The standard InChI is InChI=1S/C20H19NO2.C4H8O/c1-21-17-9-5-4-8-15(17)20(19(21)22)12-23-18-11-14-7-3-2-6-13(14)10-16(18)20;1-2-4-5-3-1/h4-5,8-11H,2-3,6-7,12H2,1H3;1-4H2. The lowest BCUT2D eigenvalue weighted by atomic mass is 9.75. The summed E-state index contributed by atoms with van der Waals surface area (Å²) in [6.07, 6.45) is 7.29. The topological polar surface area (TPSA) is 38.8 Å². The summed E-state index contributed by atoms with van der Waals surface area (Å²) in [5.74, 6) is 1.04. The monoisotopic (exact) mass is 377 g/mol. The molecule has 3 aliphatic heterocycles. The molecule has 0 aromatic heterocycles. The predicted molar refractivity (Wildman–Crippen MR) is 109 cm³/mol. The molecule has 2 aromatic rings. The largest absolute Gasteiger partial charge is 0.491 e. The van der Waals surface area contributed by atoms with Gasteiger partial charge in [0.2, 0.25) is 5.91 Å². The number of anilines is 1. The number of rotatable bonds is 0. The molecule has 4 heteroatoms. The lowest BCUT2D eigenvalue weighted by molar-refractivity contribution is -0.121. The lowest BCUT2D eigenvalue weighted by Crippen LogP contribution is -2.41. The van der Waals surface area contributed by atoms with Crippen molar-refractivity contribution in [1.82, 2.24) is 0 Å². The van der Waals surface area contributed by atoms with Crippen LogP contribution in [0.4, 0.5) is 5.69 Å². The zero-order valence-corrected chi connectivity index (χ0v) is 16.5. The van der Waals surface area contributed by atoms with Crippen LogP contribution in [0.1, 0.15) is 47.9 Å². The molecule has 4 aliphatic rings. The smallest absolute Gasteiger partial charge is 0.245 e. The number of likely N-dealkylation sites (N-methyl/N-ethyl adjacent to an activating group) is 1. The van der Waals surface area contributed by atoms with Crippen LogP contribution >= 0.6 is 0 Å². The minimum Gasteiger partial charge on any atom is -0.491 e. The maximum atomic E-state index is 13.2. The minimum absolute atomic E-state index is 0.133. The van der Waals surface area contributed by atoms with Crippen molar-refractivity contribution in [3.05, 3.63) is 58.7 Å². The fourth-order valence-corrected chi connectivity index (χ4v) is 5.03. The summed E-state index contributed by atoms with van der Waals surface area (Å²) in [4.78, 5) is 14.9. The Morgan fingerprint density at radius 1 is 0.929 bits per heavy atom. The quantitative estimate of drug-likeness (QED) is 0.696. The molecule has 1 spiro atoms. The highest BCUT2D eigenvalue weighted by atomic mass is 16.5. The summed E-state index contributed by atoms with van der Waals surface area (Å²) in [5.41, 5.74) is 5.32. The van der Waals surface area contributed by atoms with E-state index >= 15 is 0 Å². The average molecular weight is 377 g/mol. The third-order valence-corrected chi connectivity index (χ3v) is 6.57. The van der Waals surface area contributed by atoms with Crippen LogP contribution in [-0.4, -0.2) is 32.8 Å². The molecule has 0 saturated carbocycles. The molecule has 0 N–H and O–H groups in total. The predicted octanol–water partition coefficient (Wildman–Crippen LogP) is 4.02. The molecule has 1 saturated heterocycles. The molecule has 1 atom stereocenters. The van der Waals surface area contributed by atoms with Gasteiger partial charge in [-0.05, 0) is 67.3 Å². The number of aryl methyl sites for hydroxylation is 2. The van der Waals surface area contributed by atoms with Crippen molar-refractivity contribution < 1.29 is 14.3 Å². The Kier molecular flexibility index (Phi) is 4.39. The van der Waals surface area contributed by atoms with Crippen LogP contribution in [0.15, 0.2) is 36.4 Å². The van der Waals surface area contributed by atoms with Crippen LogP contribution in [0.25, 0.3) is 0 Å². The molecule has 1 amide bonds. The van der Waals surface area contributed by atoms with Gasteiger partial charge in [-0.25, -0.2) is 0 Å². The molecule has 0 radical (unpaired) electrons. The Morgan fingerprint density at radius 2 is 1.64 bits per heavy atom. The minimum atomic E-state index is -0.646. The molecule has 1 fully saturated rings. The van der Waals surface area contributed by atoms with E-state index in [4.69, 9.17) is 9.47 Å². The summed E-state index contributed by atoms with van der Waals surface area (Å²) in [6, 6.07) is 12.6. The Bertz CT molecular complexity index is 910. The van der Waals surface area contributed by atoms with Gasteiger partial charge >= 0.3 is 0 Å². The van der Waals surface area contributed by atoms with Gasteiger partial charge in [0.15, 0.2) is 0 Å². The highest BCUT2D eigenvalue weighted by molar-refractivity contribution is 6.11. The molecule has 2 aromatic carbocycles. The van der Waals surface area contributed by atoms with E-state index in [-0.39, 0.29) is 5.91 Å². The number of fused-ring (bicyclic) bond motifs is 5. The molecule has 3 heterocycles. The van der Waals surface area contributed by atoms with Crippen molar-refractivity contribution in [1.29, 1.82) is 0 Å². The number of hydrogen-bond donors (Lipinski definition) is 0. The van der Waals surface area contributed by atoms with E-state index in [2.05, 4.69) is 18.2 Å². The number of carbonyl (C=O) groups excluding carboxylic acids is 1. The second kappa shape index (κ2) is 6.93. The maximum absolute atomic E-state index is 13.2. The third-order valence-electron chi connectivity index (χ3n) is 6.57. The van der Waals surface area contributed by atoms with E-state index in [1.807, 2.05) is 25.2 Å². The van der Waals surface area contributed by atoms with E-state index in [1.54, 1.807) is 4.90 Å². The molecule has 28 heavy (non-hydrogen) atoms. The van der Waals surface area contributed by atoms with E-state index in [0.29, 0.717) is 6.61 Å². The van der Waals surface area contributed by atoms with Gasteiger partial charge in [0.1, 0.15) is 17.8 Å². The summed E-state index contributed by atoms with van der Waals surface area (Å²) in [5, 5.41) is 0. The SMILES string of the molecule is C1CCOC1.CN1C(=O)C2(COc3cc4c(cc32)CCCC4)c2ccccc21. The zero-order valence-electron chi connectivity index (χ0n) is 16.5. The van der Waals surface area contributed by atoms with E-state index in [0.717, 1.165) is 48.6 Å². The number of ether oxygens (including phenoxy) is 2.